The van der Waals surface area contributed by atoms with Gasteiger partial charge in [-0.3, -0.25) is 4.79 Å². The van der Waals surface area contributed by atoms with E-state index in [-0.39, 0.29) is 17.5 Å². The van der Waals surface area contributed by atoms with Crippen molar-refractivity contribution in [3.05, 3.63) is 65.5 Å². The largest absolute Gasteiger partial charge is 0.323 e. The molecule has 20 heavy (non-hydrogen) atoms. The van der Waals surface area contributed by atoms with Gasteiger partial charge in [0.05, 0.1) is 11.6 Å². The second-order valence-corrected chi connectivity index (χ2v) is 4.84. The molecule has 2 aromatic rings. The van der Waals surface area contributed by atoms with Crippen LogP contribution in [0.15, 0.2) is 48.5 Å². The molecule has 0 heterocycles. The lowest BCUT2D eigenvalue weighted by atomic mass is 9.95. The van der Waals surface area contributed by atoms with E-state index in [2.05, 4.69) is 5.32 Å². The number of carbonyl (C=O) groups excluding carboxylic acids is 1. The lowest BCUT2D eigenvalue weighted by molar-refractivity contribution is -0.117. The fraction of sp³-hybridized carbons (Fsp3) is 0.235. The molecule has 0 aliphatic carbocycles. The number of benzene rings is 2. The molecule has 1 atom stereocenters. The lowest BCUT2D eigenvalue weighted by Crippen LogP contribution is -2.21. The number of hydrogen-bond donors (Lipinski definition) is 1. The van der Waals surface area contributed by atoms with Crippen molar-refractivity contribution < 1.29 is 9.18 Å². The molecular formula is C17H18FNO. The van der Waals surface area contributed by atoms with Gasteiger partial charge in [0.1, 0.15) is 5.82 Å². The van der Waals surface area contributed by atoms with Crippen molar-refractivity contribution in [3.63, 3.8) is 0 Å². The Kier molecular flexibility index (Phi) is 4.51. The highest BCUT2D eigenvalue weighted by Gasteiger charge is 2.19. The molecule has 2 aromatic carbocycles. The molecule has 0 radical (unpaired) electrons. The Morgan fingerprint density at radius 1 is 1.20 bits per heavy atom. The van der Waals surface area contributed by atoms with Crippen LogP contribution in [0.1, 0.15) is 30.4 Å². The summed E-state index contributed by atoms with van der Waals surface area (Å²) in [5, 5.41) is 2.67. The summed E-state index contributed by atoms with van der Waals surface area (Å²) in [6.07, 6.45) is 0.670. The minimum atomic E-state index is -0.402. The first-order valence-electron chi connectivity index (χ1n) is 6.73. The van der Waals surface area contributed by atoms with Crippen molar-refractivity contribution in [1.82, 2.24) is 0 Å². The fourth-order valence-electron chi connectivity index (χ4n) is 2.20. The molecule has 104 valence electrons. The highest BCUT2D eigenvalue weighted by atomic mass is 19.1. The number of amides is 1. The van der Waals surface area contributed by atoms with Gasteiger partial charge in [-0.1, -0.05) is 43.3 Å². The number of halogens is 1. The Labute approximate surface area is 118 Å². The van der Waals surface area contributed by atoms with E-state index >= 15 is 0 Å². The van der Waals surface area contributed by atoms with E-state index in [9.17, 15) is 9.18 Å². The van der Waals surface area contributed by atoms with Gasteiger partial charge in [-0.15, -0.1) is 0 Å². The molecule has 0 saturated heterocycles. The lowest BCUT2D eigenvalue weighted by Gasteiger charge is -2.16. The number of carbonyl (C=O) groups is 1. The molecule has 0 fully saturated rings. The maximum Gasteiger partial charge on any atom is 0.231 e. The highest BCUT2D eigenvalue weighted by molar-refractivity contribution is 5.95. The summed E-state index contributed by atoms with van der Waals surface area (Å²) in [6, 6.07) is 14.3. The first-order valence-corrected chi connectivity index (χ1v) is 6.73. The third kappa shape index (κ3) is 3.23. The zero-order valence-corrected chi connectivity index (χ0v) is 11.7. The quantitative estimate of drug-likeness (QED) is 0.884. The minimum Gasteiger partial charge on any atom is -0.323 e. The maximum atomic E-state index is 13.8. The molecule has 1 unspecified atom stereocenters. The van der Waals surface area contributed by atoms with Crippen LogP contribution in [0.2, 0.25) is 0 Å². The summed E-state index contributed by atoms with van der Waals surface area (Å²) >= 11 is 0. The van der Waals surface area contributed by atoms with Crippen LogP contribution in [-0.4, -0.2) is 5.91 Å². The van der Waals surface area contributed by atoms with Crippen molar-refractivity contribution in [1.29, 1.82) is 0 Å². The van der Waals surface area contributed by atoms with E-state index in [1.54, 1.807) is 12.1 Å². The van der Waals surface area contributed by atoms with Gasteiger partial charge in [0.2, 0.25) is 5.91 Å². The average molecular weight is 271 g/mol. The minimum absolute atomic E-state index is 0.179. The predicted molar refractivity (Wildman–Crippen MR) is 79.2 cm³/mol. The van der Waals surface area contributed by atoms with Crippen LogP contribution < -0.4 is 5.32 Å². The Balaban J connectivity index is 2.18. The number of aryl methyl sites for hydroxylation is 1. The molecule has 0 spiro atoms. The molecule has 1 N–H and O–H groups in total. The Morgan fingerprint density at radius 2 is 1.90 bits per heavy atom. The van der Waals surface area contributed by atoms with E-state index in [0.717, 1.165) is 11.1 Å². The smallest absolute Gasteiger partial charge is 0.231 e. The Morgan fingerprint density at radius 3 is 2.50 bits per heavy atom. The van der Waals surface area contributed by atoms with E-state index < -0.39 is 5.82 Å². The van der Waals surface area contributed by atoms with Crippen LogP contribution in [0, 0.1) is 12.7 Å². The van der Waals surface area contributed by atoms with Crippen LogP contribution >= 0.6 is 0 Å². The predicted octanol–water partition coefficient (Wildman–Crippen LogP) is 4.27. The van der Waals surface area contributed by atoms with Gasteiger partial charge < -0.3 is 5.32 Å². The maximum absolute atomic E-state index is 13.8. The molecule has 1 amide bonds. The summed E-state index contributed by atoms with van der Waals surface area (Å²) in [5.74, 6) is -0.848. The summed E-state index contributed by atoms with van der Waals surface area (Å²) in [4.78, 5) is 12.3. The summed E-state index contributed by atoms with van der Waals surface area (Å²) in [7, 11) is 0. The van der Waals surface area contributed by atoms with Crippen LogP contribution in [0.3, 0.4) is 0 Å². The summed E-state index contributed by atoms with van der Waals surface area (Å²) < 4.78 is 13.8. The highest BCUT2D eigenvalue weighted by Crippen LogP contribution is 2.23. The van der Waals surface area contributed by atoms with E-state index in [4.69, 9.17) is 0 Å². The van der Waals surface area contributed by atoms with Gasteiger partial charge in [-0.25, -0.2) is 4.39 Å². The van der Waals surface area contributed by atoms with Crippen LogP contribution in [0.25, 0.3) is 0 Å². The van der Waals surface area contributed by atoms with Crippen molar-refractivity contribution in [3.8, 4) is 0 Å². The Hall–Kier alpha value is -2.16. The average Bonchev–Trinajstić information content (AvgIpc) is 2.44. The second-order valence-electron chi connectivity index (χ2n) is 4.84. The third-order valence-corrected chi connectivity index (χ3v) is 3.31. The van der Waals surface area contributed by atoms with Gasteiger partial charge >= 0.3 is 0 Å². The topological polar surface area (TPSA) is 29.1 Å². The third-order valence-electron chi connectivity index (χ3n) is 3.31. The van der Waals surface area contributed by atoms with Crippen LogP contribution in [-0.2, 0) is 4.79 Å². The zero-order chi connectivity index (χ0) is 14.5. The van der Waals surface area contributed by atoms with E-state index in [1.165, 1.54) is 6.07 Å². The van der Waals surface area contributed by atoms with E-state index in [0.29, 0.717) is 6.42 Å². The second kappa shape index (κ2) is 6.33. The molecular weight excluding hydrogens is 253 g/mol. The van der Waals surface area contributed by atoms with Crippen LogP contribution in [0.5, 0.6) is 0 Å². The normalized spacial score (nSPS) is 11.9. The van der Waals surface area contributed by atoms with Gasteiger partial charge in [0.15, 0.2) is 0 Å². The molecule has 2 rings (SSSR count). The first-order chi connectivity index (χ1) is 9.61. The summed E-state index contributed by atoms with van der Waals surface area (Å²) in [6.45, 7) is 3.76. The van der Waals surface area contributed by atoms with Crippen LogP contribution in [0.4, 0.5) is 10.1 Å². The molecule has 0 aromatic heterocycles. The van der Waals surface area contributed by atoms with E-state index in [1.807, 2.05) is 44.2 Å². The summed E-state index contributed by atoms with van der Waals surface area (Å²) in [5.41, 5.74) is 2.01. The molecule has 0 aliphatic rings. The number of hydrogen-bond acceptors (Lipinski definition) is 1. The monoisotopic (exact) mass is 271 g/mol. The van der Waals surface area contributed by atoms with Gasteiger partial charge in [0.25, 0.3) is 0 Å². The van der Waals surface area contributed by atoms with Crippen molar-refractivity contribution >= 4 is 11.6 Å². The van der Waals surface area contributed by atoms with Gasteiger partial charge in [-0.2, -0.15) is 0 Å². The standard InChI is InChI=1S/C17H18FNO/c1-3-14(13-7-5-4-6-8-13)17(20)19-16-10-9-12(2)11-15(16)18/h4-11,14H,3H2,1-2H3,(H,19,20). The molecule has 0 aliphatic heterocycles. The molecule has 2 nitrogen and oxygen atoms in total. The zero-order valence-electron chi connectivity index (χ0n) is 11.7. The number of rotatable bonds is 4. The Bertz CT molecular complexity index is 595. The molecule has 3 heteroatoms. The SMILES string of the molecule is CCC(C(=O)Nc1ccc(C)cc1F)c1ccccc1. The number of anilines is 1. The van der Waals surface area contributed by atoms with Crippen molar-refractivity contribution in [2.24, 2.45) is 0 Å². The van der Waals surface area contributed by atoms with Crippen molar-refractivity contribution in [2.45, 2.75) is 26.2 Å². The van der Waals surface area contributed by atoms with Gasteiger partial charge in [0, 0.05) is 0 Å². The molecule has 0 bridgehead atoms. The van der Waals surface area contributed by atoms with Crippen molar-refractivity contribution in [2.75, 3.05) is 5.32 Å². The number of nitrogens with one attached hydrogen (secondary N) is 1. The fourth-order valence-corrected chi connectivity index (χ4v) is 2.20. The first kappa shape index (κ1) is 14.3. The molecule has 0 saturated carbocycles. The van der Waals surface area contributed by atoms with Gasteiger partial charge in [-0.05, 0) is 36.6 Å².